The quantitative estimate of drug-likeness (QED) is 0.577. The van der Waals surface area contributed by atoms with Gasteiger partial charge in [-0.25, -0.2) is 4.98 Å². The molecule has 1 rings (SSSR count). The van der Waals surface area contributed by atoms with E-state index in [1.807, 2.05) is 0 Å². The van der Waals surface area contributed by atoms with Crippen molar-refractivity contribution in [2.75, 3.05) is 19.3 Å². The number of carbonyl (C=O) groups excluding carboxylic acids is 1. The van der Waals surface area contributed by atoms with Crippen LogP contribution in [0.15, 0.2) is 12.3 Å². The molecule has 0 aliphatic rings. The van der Waals surface area contributed by atoms with E-state index >= 15 is 0 Å². The highest BCUT2D eigenvalue weighted by Gasteiger charge is 2.24. The number of nitrogens with zero attached hydrogens (tertiary/aromatic N) is 3. The second-order valence-corrected chi connectivity index (χ2v) is 3.92. The molecule has 0 aliphatic heterocycles. The molecule has 1 aromatic heterocycles. The zero-order valence-electron chi connectivity index (χ0n) is 10.0. The van der Waals surface area contributed by atoms with Gasteiger partial charge in [-0.15, -0.1) is 0 Å². The number of nitrogen functional groups attached to an aromatic ring is 1. The first-order chi connectivity index (χ1) is 8.32. The molecule has 8 nitrogen and oxygen atoms in total. The molecule has 1 atom stereocenters. The van der Waals surface area contributed by atoms with Gasteiger partial charge in [-0.05, 0) is 13.0 Å². The summed E-state index contributed by atoms with van der Waals surface area (Å²) in [5, 5.41) is 20.0. The lowest BCUT2D eigenvalue weighted by Crippen LogP contribution is -2.33. The zero-order chi connectivity index (χ0) is 13.9. The molecule has 1 aromatic rings. The Balaban J connectivity index is 3.11. The number of nitrogens with two attached hydrogens (primary N) is 1. The van der Waals surface area contributed by atoms with Crippen LogP contribution in [0.3, 0.4) is 0 Å². The summed E-state index contributed by atoms with van der Waals surface area (Å²) in [6, 6.07) is 1.15. The Labute approximate surface area is 103 Å². The zero-order valence-corrected chi connectivity index (χ0v) is 10.0. The Kier molecular flexibility index (Phi) is 4.16. The number of likely N-dealkylation sites (N-methyl/N-ethyl adjacent to an activating group) is 1. The number of hydrogen-bond acceptors (Lipinski definition) is 6. The van der Waals surface area contributed by atoms with Crippen LogP contribution in [0.1, 0.15) is 17.3 Å². The van der Waals surface area contributed by atoms with Crippen molar-refractivity contribution in [1.82, 2.24) is 9.88 Å². The molecule has 0 fully saturated rings. The van der Waals surface area contributed by atoms with Gasteiger partial charge in [0.1, 0.15) is 17.6 Å². The van der Waals surface area contributed by atoms with E-state index in [0.29, 0.717) is 0 Å². The maximum atomic E-state index is 12.0. The third-order valence-electron chi connectivity index (χ3n) is 2.22. The van der Waals surface area contributed by atoms with Crippen molar-refractivity contribution in [2.45, 2.75) is 13.0 Å². The molecule has 0 saturated carbocycles. The lowest BCUT2D eigenvalue weighted by atomic mass is 10.2. The molecule has 3 N–H and O–H groups in total. The normalized spacial score (nSPS) is 11.9. The fourth-order valence-electron chi connectivity index (χ4n) is 1.47. The number of nitro groups is 1. The molecule has 1 heterocycles. The van der Waals surface area contributed by atoms with Gasteiger partial charge in [-0.3, -0.25) is 14.9 Å². The van der Waals surface area contributed by atoms with Gasteiger partial charge in [0.05, 0.1) is 11.0 Å². The summed E-state index contributed by atoms with van der Waals surface area (Å²) < 4.78 is 0. The summed E-state index contributed by atoms with van der Waals surface area (Å²) >= 11 is 0. The van der Waals surface area contributed by atoms with Crippen LogP contribution in [-0.2, 0) is 0 Å². The Bertz CT molecular complexity index is 475. The van der Waals surface area contributed by atoms with Crippen LogP contribution in [0.2, 0.25) is 0 Å². The second kappa shape index (κ2) is 5.41. The average Bonchev–Trinajstić information content (AvgIpc) is 2.26. The van der Waals surface area contributed by atoms with Gasteiger partial charge in [0.25, 0.3) is 11.6 Å². The Morgan fingerprint density at radius 2 is 2.33 bits per heavy atom. The number of aliphatic hydroxyl groups is 1. The van der Waals surface area contributed by atoms with E-state index in [9.17, 15) is 20.0 Å². The van der Waals surface area contributed by atoms with Crippen molar-refractivity contribution in [1.29, 1.82) is 0 Å². The number of rotatable bonds is 4. The van der Waals surface area contributed by atoms with E-state index in [1.54, 1.807) is 0 Å². The summed E-state index contributed by atoms with van der Waals surface area (Å²) in [7, 11) is 1.44. The van der Waals surface area contributed by atoms with E-state index in [2.05, 4.69) is 4.98 Å². The third kappa shape index (κ3) is 3.14. The highest BCUT2D eigenvalue weighted by atomic mass is 16.6. The van der Waals surface area contributed by atoms with Crippen LogP contribution in [0.5, 0.6) is 0 Å². The van der Waals surface area contributed by atoms with Crippen LogP contribution < -0.4 is 5.73 Å². The van der Waals surface area contributed by atoms with Crippen LogP contribution >= 0.6 is 0 Å². The minimum Gasteiger partial charge on any atom is -0.392 e. The Morgan fingerprint density at radius 3 is 2.83 bits per heavy atom. The fraction of sp³-hybridized carbons (Fsp3) is 0.400. The van der Waals surface area contributed by atoms with E-state index in [1.165, 1.54) is 18.9 Å². The van der Waals surface area contributed by atoms with E-state index in [0.717, 1.165) is 12.3 Å². The summed E-state index contributed by atoms with van der Waals surface area (Å²) in [5.41, 5.74) is 4.86. The van der Waals surface area contributed by atoms with Gasteiger partial charge >= 0.3 is 0 Å². The minimum absolute atomic E-state index is 0.0226. The monoisotopic (exact) mass is 254 g/mol. The number of aliphatic hydroxyl groups excluding tert-OH is 1. The van der Waals surface area contributed by atoms with Crippen LogP contribution in [-0.4, -0.2) is 45.5 Å². The number of aromatic nitrogens is 1. The number of carbonyl (C=O) groups is 1. The second-order valence-electron chi connectivity index (χ2n) is 3.92. The van der Waals surface area contributed by atoms with Crippen molar-refractivity contribution in [3.8, 4) is 0 Å². The largest absolute Gasteiger partial charge is 0.392 e. The van der Waals surface area contributed by atoms with Crippen molar-refractivity contribution in [3.63, 3.8) is 0 Å². The summed E-state index contributed by atoms with van der Waals surface area (Å²) in [5.74, 6) is -0.564. The van der Waals surface area contributed by atoms with Gasteiger partial charge in [-0.2, -0.15) is 0 Å². The van der Waals surface area contributed by atoms with Crippen molar-refractivity contribution < 1.29 is 14.8 Å². The predicted molar refractivity (Wildman–Crippen MR) is 63.9 cm³/mol. The molecule has 0 spiro atoms. The fourth-order valence-corrected chi connectivity index (χ4v) is 1.47. The number of hydrogen-bond donors (Lipinski definition) is 2. The first-order valence-corrected chi connectivity index (χ1v) is 5.16. The molecule has 0 saturated heterocycles. The smallest absolute Gasteiger partial charge is 0.300 e. The average molecular weight is 254 g/mol. The lowest BCUT2D eigenvalue weighted by molar-refractivity contribution is -0.385. The number of anilines is 1. The van der Waals surface area contributed by atoms with Gasteiger partial charge < -0.3 is 15.7 Å². The number of amides is 1. The first-order valence-electron chi connectivity index (χ1n) is 5.16. The lowest BCUT2D eigenvalue weighted by Gasteiger charge is -2.18. The third-order valence-corrected chi connectivity index (χ3v) is 2.22. The molecule has 1 unspecified atom stereocenters. The molecular formula is C10H14N4O4. The Morgan fingerprint density at radius 1 is 1.72 bits per heavy atom. The predicted octanol–water partition coefficient (Wildman–Crippen LogP) is 0.0248. The van der Waals surface area contributed by atoms with Crippen molar-refractivity contribution in [2.24, 2.45) is 0 Å². The topological polar surface area (TPSA) is 123 Å². The van der Waals surface area contributed by atoms with E-state index in [4.69, 9.17) is 5.73 Å². The number of pyridine rings is 1. The van der Waals surface area contributed by atoms with Crippen LogP contribution in [0.4, 0.5) is 11.5 Å². The van der Waals surface area contributed by atoms with Crippen molar-refractivity contribution in [3.05, 3.63) is 27.9 Å². The van der Waals surface area contributed by atoms with Gasteiger partial charge in [-0.1, -0.05) is 0 Å². The highest BCUT2D eigenvalue weighted by molar-refractivity contribution is 5.98. The molecule has 0 aromatic carbocycles. The molecule has 0 radical (unpaired) electrons. The summed E-state index contributed by atoms with van der Waals surface area (Å²) in [6.07, 6.45) is 0.218. The SMILES string of the molecule is CC(O)CN(C)C(=O)c1cc(N)ncc1[N+](=O)[O-]. The van der Waals surface area contributed by atoms with Gasteiger partial charge in [0.2, 0.25) is 0 Å². The maximum absolute atomic E-state index is 12.0. The first kappa shape index (κ1) is 13.8. The van der Waals surface area contributed by atoms with Gasteiger partial charge in [0.15, 0.2) is 0 Å². The summed E-state index contributed by atoms with van der Waals surface area (Å²) in [6.45, 7) is 1.58. The maximum Gasteiger partial charge on any atom is 0.300 e. The molecule has 8 heteroatoms. The van der Waals surface area contributed by atoms with Crippen molar-refractivity contribution >= 4 is 17.4 Å². The van der Waals surface area contributed by atoms with Gasteiger partial charge in [0, 0.05) is 13.6 Å². The Hall–Kier alpha value is -2.22. The highest BCUT2D eigenvalue weighted by Crippen LogP contribution is 2.20. The standard InChI is InChI=1S/C10H14N4O4/c1-6(15)5-13(2)10(16)7-3-9(11)12-4-8(7)14(17)18/h3-4,6,15H,5H2,1-2H3,(H2,11,12). The minimum atomic E-state index is -0.725. The molecule has 18 heavy (non-hydrogen) atoms. The molecule has 0 aliphatic carbocycles. The molecule has 98 valence electrons. The molecular weight excluding hydrogens is 240 g/mol. The van der Waals surface area contributed by atoms with Crippen LogP contribution in [0.25, 0.3) is 0 Å². The summed E-state index contributed by atoms with van der Waals surface area (Å²) in [4.78, 5) is 26.8. The molecule has 0 bridgehead atoms. The van der Waals surface area contributed by atoms with E-state index < -0.39 is 22.6 Å². The molecule has 1 amide bonds. The van der Waals surface area contributed by atoms with Crippen LogP contribution in [0, 0.1) is 10.1 Å². The van der Waals surface area contributed by atoms with E-state index in [-0.39, 0.29) is 17.9 Å².